The molecule has 2 aliphatic rings. The molecule has 0 saturated carbocycles. The molecule has 180 valence electrons. The van der Waals surface area contributed by atoms with E-state index in [1.165, 1.54) is 42.7 Å². The second-order valence-corrected chi connectivity index (χ2v) is 8.64. The Balaban J connectivity index is 1.67. The van der Waals surface area contributed by atoms with Crippen LogP contribution in [-0.2, 0) is 25.5 Å². The number of anilines is 1. The van der Waals surface area contributed by atoms with E-state index in [0.29, 0.717) is 11.3 Å². The number of furan rings is 1. The van der Waals surface area contributed by atoms with Crippen molar-refractivity contribution in [3.8, 4) is 5.75 Å². The molecule has 3 aromatic rings. The number of carbonyl (C=O) groups is 3. The van der Waals surface area contributed by atoms with Crippen molar-refractivity contribution in [2.75, 3.05) is 11.5 Å². The van der Waals surface area contributed by atoms with Crippen LogP contribution in [0.4, 0.5) is 10.1 Å². The number of fused-ring (bicyclic) bond motifs is 1. The number of esters is 1. The number of halogens is 1. The highest BCUT2D eigenvalue weighted by atomic mass is 19.1. The minimum Gasteiger partial charge on any atom is -0.508 e. The van der Waals surface area contributed by atoms with Gasteiger partial charge in [-0.3, -0.25) is 19.7 Å². The molecule has 3 heterocycles. The number of amides is 2. The predicted octanol–water partition coefficient (Wildman–Crippen LogP) is 3.12. The van der Waals surface area contributed by atoms with E-state index in [4.69, 9.17) is 9.15 Å². The normalized spacial score (nSPS) is 25.7. The lowest BCUT2D eigenvalue weighted by Crippen LogP contribution is -2.58. The van der Waals surface area contributed by atoms with Gasteiger partial charge in [-0.15, -0.1) is 0 Å². The molecule has 2 saturated heterocycles. The molecule has 0 bridgehead atoms. The number of hydrogen-bond acceptors (Lipinski definition) is 7. The molecule has 2 aliphatic heterocycles. The van der Waals surface area contributed by atoms with Crippen LogP contribution >= 0.6 is 0 Å². The highest BCUT2D eigenvalue weighted by molar-refractivity contribution is 6.24. The Morgan fingerprint density at radius 1 is 1.11 bits per heavy atom. The van der Waals surface area contributed by atoms with Crippen LogP contribution in [0.3, 0.4) is 0 Å². The van der Waals surface area contributed by atoms with E-state index in [2.05, 4.69) is 5.32 Å². The summed E-state index contributed by atoms with van der Waals surface area (Å²) in [7, 11) is 0. The maximum Gasteiger partial charge on any atom is 0.327 e. The fourth-order valence-electron chi connectivity index (χ4n) is 5.20. The Hall–Kier alpha value is -3.98. The summed E-state index contributed by atoms with van der Waals surface area (Å²) in [6.07, 6.45) is 1.43. The number of para-hydroxylation sites is 1. The lowest BCUT2D eigenvalue weighted by atomic mass is 9.76. The van der Waals surface area contributed by atoms with Crippen LogP contribution in [0.15, 0.2) is 71.3 Å². The van der Waals surface area contributed by atoms with Gasteiger partial charge in [0.25, 0.3) is 0 Å². The monoisotopic (exact) mass is 478 g/mol. The van der Waals surface area contributed by atoms with Crippen LogP contribution < -0.4 is 10.2 Å². The van der Waals surface area contributed by atoms with Crippen molar-refractivity contribution in [3.05, 3.63) is 84.1 Å². The summed E-state index contributed by atoms with van der Waals surface area (Å²) in [6, 6.07) is 14.2. The minimum atomic E-state index is -1.64. The number of benzene rings is 2. The van der Waals surface area contributed by atoms with Crippen LogP contribution in [0.5, 0.6) is 5.75 Å². The Morgan fingerprint density at radius 2 is 1.86 bits per heavy atom. The van der Waals surface area contributed by atoms with E-state index in [1.54, 1.807) is 31.2 Å². The maximum absolute atomic E-state index is 14.7. The van der Waals surface area contributed by atoms with Gasteiger partial charge in [-0.05, 0) is 48.9 Å². The molecule has 4 atom stereocenters. The number of phenols is 1. The van der Waals surface area contributed by atoms with Crippen molar-refractivity contribution >= 4 is 23.5 Å². The predicted molar refractivity (Wildman–Crippen MR) is 122 cm³/mol. The third kappa shape index (κ3) is 3.59. The van der Waals surface area contributed by atoms with E-state index in [1.807, 2.05) is 0 Å². The number of hydrogen-bond donors (Lipinski definition) is 2. The van der Waals surface area contributed by atoms with Crippen molar-refractivity contribution in [2.24, 2.45) is 11.8 Å². The molecule has 0 spiro atoms. The molecular formula is C26H23FN2O6. The van der Waals surface area contributed by atoms with Gasteiger partial charge in [0.1, 0.15) is 22.9 Å². The maximum atomic E-state index is 14.7. The van der Waals surface area contributed by atoms with E-state index in [0.717, 1.165) is 4.90 Å². The highest BCUT2D eigenvalue weighted by Crippen LogP contribution is 2.51. The number of imide groups is 1. The first kappa shape index (κ1) is 22.8. The van der Waals surface area contributed by atoms with Crippen LogP contribution in [0.2, 0.25) is 0 Å². The molecular weight excluding hydrogens is 455 g/mol. The summed E-state index contributed by atoms with van der Waals surface area (Å²) in [5.74, 6) is -4.55. The van der Waals surface area contributed by atoms with Crippen molar-refractivity contribution < 1.29 is 33.0 Å². The SMILES string of the molecule is CCOC(=O)[C@@]1(Cc2ccc(O)cc2)N[C@@H](c2ccco2)[C@H]2C(=O)N(c3ccccc3F)C(=O)[C@@H]21. The molecule has 5 rings (SSSR count). The van der Waals surface area contributed by atoms with E-state index in [9.17, 15) is 23.9 Å². The average molecular weight is 478 g/mol. The number of ether oxygens (including phenoxy) is 1. The van der Waals surface area contributed by atoms with Crippen LogP contribution in [0, 0.1) is 17.7 Å². The van der Waals surface area contributed by atoms with Crippen molar-refractivity contribution in [2.45, 2.75) is 24.9 Å². The van der Waals surface area contributed by atoms with Gasteiger partial charge in [-0.1, -0.05) is 24.3 Å². The van der Waals surface area contributed by atoms with Gasteiger partial charge in [-0.25, -0.2) is 9.29 Å². The minimum absolute atomic E-state index is 0.00534. The summed E-state index contributed by atoms with van der Waals surface area (Å²) in [5.41, 5.74) is -1.17. The third-order valence-corrected chi connectivity index (χ3v) is 6.66. The number of carbonyl (C=O) groups excluding carboxylic acids is 3. The van der Waals surface area contributed by atoms with Crippen LogP contribution in [-0.4, -0.2) is 35.0 Å². The first-order chi connectivity index (χ1) is 16.9. The molecule has 2 N–H and O–H groups in total. The summed E-state index contributed by atoms with van der Waals surface area (Å²) in [6.45, 7) is 1.70. The molecule has 0 aliphatic carbocycles. The van der Waals surface area contributed by atoms with Gasteiger partial charge < -0.3 is 14.3 Å². The lowest BCUT2D eigenvalue weighted by Gasteiger charge is -2.33. The van der Waals surface area contributed by atoms with Gasteiger partial charge in [0.05, 0.1) is 36.4 Å². The van der Waals surface area contributed by atoms with E-state index < -0.39 is 47.0 Å². The number of nitrogens with zero attached hydrogens (tertiary/aromatic N) is 1. The van der Waals surface area contributed by atoms with Crippen molar-refractivity contribution in [3.63, 3.8) is 0 Å². The fourth-order valence-corrected chi connectivity index (χ4v) is 5.20. The second kappa shape index (κ2) is 8.66. The number of nitrogens with one attached hydrogen (secondary N) is 1. The lowest BCUT2D eigenvalue weighted by molar-refractivity contribution is -0.154. The van der Waals surface area contributed by atoms with Gasteiger partial charge in [-0.2, -0.15) is 0 Å². The van der Waals surface area contributed by atoms with E-state index in [-0.39, 0.29) is 24.5 Å². The van der Waals surface area contributed by atoms with Crippen LogP contribution in [0.25, 0.3) is 0 Å². The largest absolute Gasteiger partial charge is 0.508 e. The number of aromatic hydroxyl groups is 1. The first-order valence-corrected chi connectivity index (χ1v) is 11.3. The van der Waals surface area contributed by atoms with Crippen molar-refractivity contribution in [1.29, 1.82) is 0 Å². The average Bonchev–Trinajstić information content (AvgIpc) is 3.54. The smallest absolute Gasteiger partial charge is 0.327 e. The van der Waals surface area contributed by atoms with Crippen molar-refractivity contribution in [1.82, 2.24) is 5.32 Å². The topological polar surface area (TPSA) is 109 Å². The fraction of sp³-hybridized carbons (Fsp3) is 0.269. The molecule has 9 heteroatoms. The first-order valence-electron chi connectivity index (χ1n) is 11.3. The Labute approximate surface area is 200 Å². The zero-order chi connectivity index (χ0) is 24.7. The van der Waals surface area contributed by atoms with Gasteiger partial charge in [0, 0.05) is 6.42 Å². The van der Waals surface area contributed by atoms with Gasteiger partial charge in [0.2, 0.25) is 11.8 Å². The second-order valence-electron chi connectivity index (χ2n) is 8.64. The number of phenolic OH excluding ortho intramolecular Hbond substituents is 1. The molecule has 2 aromatic carbocycles. The molecule has 1 aromatic heterocycles. The number of rotatable bonds is 6. The molecule has 2 fully saturated rings. The van der Waals surface area contributed by atoms with Crippen LogP contribution in [0.1, 0.15) is 24.3 Å². The molecule has 8 nitrogen and oxygen atoms in total. The standard InChI is InChI=1S/C26H23FN2O6/c1-2-34-25(33)26(14-15-9-11-16(30)12-10-15)21-20(22(28-26)19-8-5-13-35-19)23(31)29(24(21)32)18-7-4-3-6-17(18)27/h3-13,20-22,28,30H,2,14H2,1H3/t20-,21+,22-,26-/m0/s1. The molecule has 2 amide bonds. The molecule has 0 radical (unpaired) electrons. The third-order valence-electron chi connectivity index (χ3n) is 6.66. The zero-order valence-electron chi connectivity index (χ0n) is 18.8. The summed E-state index contributed by atoms with van der Waals surface area (Å²) in [5, 5.41) is 12.9. The Kier molecular flexibility index (Phi) is 5.64. The summed E-state index contributed by atoms with van der Waals surface area (Å²) in [4.78, 5) is 41.9. The quantitative estimate of drug-likeness (QED) is 0.414. The highest BCUT2D eigenvalue weighted by Gasteiger charge is 2.69. The van der Waals surface area contributed by atoms with Gasteiger partial charge >= 0.3 is 5.97 Å². The summed E-state index contributed by atoms with van der Waals surface area (Å²) < 4.78 is 25.7. The zero-order valence-corrected chi connectivity index (χ0v) is 18.8. The molecule has 0 unspecified atom stereocenters. The van der Waals surface area contributed by atoms with Gasteiger partial charge in [0.15, 0.2) is 0 Å². The van der Waals surface area contributed by atoms with E-state index >= 15 is 0 Å². The Morgan fingerprint density at radius 3 is 2.51 bits per heavy atom. The summed E-state index contributed by atoms with van der Waals surface area (Å²) >= 11 is 0. The molecule has 35 heavy (non-hydrogen) atoms. The Bertz CT molecular complexity index is 1280.